The number of benzene rings is 1. The van der Waals surface area contributed by atoms with Gasteiger partial charge in [0.2, 0.25) is 5.78 Å². The number of esters is 1. The lowest BCUT2D eigenvalue weighted by atomic mass is 10.1. The highest BCUT2D eigenvalue weighted by Crippen LogP contribution is 2.21. The minimum atomic E-state index is -0.630. The summed E-state index contributed by atoms with van der Waals surface area (Å²) in [6.07, 6.45) is 0. The van der Waals surface area contributed by atoms with Crippen molar-refractivity contribution in [3.8, 4) is 17.3 Å². The summed E-state index contributed by atoms with van der Waals surface area (Å²) in [6, 6.07) is 10.3. The number of carbonyl (C=O) groups excluding carboxylic acids is 2. The molecule has 0 bridgehead atoms. The van der Waals surface area contributed by atoms with Crippen LogP contribution in [0.5, 0.6) is 11.5 Å². The van der Waals surface area contributed by atoms with Crippen molar-refractivity contribution in [3.05, 3.63) is 59.1 Å². The van der Waals surface area contributed by atoms with Crippen molar-refractivity contribution in [3.63, 3.8) is 0 Å². The first-order valence-electron chi connectivity index (χ1n) is 8.97. The monoisotopic (exact) mass is 398 g/mol. The van der Waals surface area contributed by atoms with Crippen molar-refractivity contribution in [1.82, 2.24) is 9.72 Å². The molecular formula is C21H22N2O6. The molecule has 0 saturated heterocycles. The van der Waals surface area contributed by atoms with Crippen molar-refractivity contribution in [2.24, 2.45) is 0 Å². The zero-order valence-corrected chi connectivity index (χ0v) is 16.7. The predicted molar refractivity (Wildman–Crippen MR) is 104 cm³/mol. The molecule has 2 heterocycles. The Morgan fingerprint density at radius 3 is 2.34 bits per heavy atom. The Morgan fingerprint density at radius 2 is 1.72 bits per heavy atom. The molecule has 1 aromatic carbocycles. The van der Waals surface area contributed by atoms with Gasteiger partial charge in [0, 0.05) is 23.0 Å². The predicted octanol–water partition coefficient (Wildman–Crippen LogP) is 3.20. The maximum atomic E-state index is 12.5. The van der Waals surface area contributed by atoms with Crippen LogP contribution in [0.15, 0.2) is 40.9 Å². The Morgan fingerprint density at radius 1 is 1.03 bits per heavy atom. The summed E-state index contributed by atoms with van der Waals surface area (Å²) >= 11 is 0. The van der Waals surface area contributed by atoms with E-state index in [0.29, 0.717) is 34.3 Å². The molecule has 2 aromatic heterocycles. The summed E-state index contributed by atoms with van der Waals surface area (Å²) in [4.78, 5) is 24.4. The Kier molecular flexibility index (Phi) is 6.01. The molecular weight excluding hydrogens is 376 g/mol. The Bertz CT molecular complexity index is 1020. The SMILES string of the molecule is COc1ccc(OCC(=O)OCC(=O)c2cc(C)n(-c3cc(C)on3)c2C)cc1. The second-order valence-electron chi connectivity index (χ2n) is 6.46. The van der Waals surface area contributed by atoms with Gasteiger partial charge >= 0.3 is 5.97 Å². The second-order valence-corrected chi connectivity index (χ2v) is 6.46. The molecule has 0 N–H and O–H groups in total. The van der Waals surface area contributed by atoms with Crippen LogP contribution in [0.4, 0.5) is 0 Å². The molecule has 3 rings (SSSR count). The number of hydrogen-bond acceptors (Lipinski definition) is 7. The smallest absolute Gasteiger partial charge is 0.344 e. The van der Waals surface area contributed by atoms with Crippen molar-refractivity contribution >= 4 is 11.8 Å². The first-order valence-corrected chi connectivity index (χ1v) is 8.97. The van der Waals surface area contributed by atoms with E-state index in [-0.39, 0.29) is 19.0 Å². The normalized spacial score (nSPS) is 10.6. The number of ketones is 1. The van der Waals surface area contributed by atoms with E-state index >= 15 is 0 Å². The number of carbonyl (C=O) groups is 2. The first kappa shape index (κ1) is 20.2. The number of Topliss-reactive ketones (excluding diaryl/α,β-unsaturated/α-hetero) is 1. The summed E-state index contributed by atoms with van der Waals surface area (Å²) < 4.78 is 22.4. The number of hydrogen-bond donors (Lipinski definition) is 0. The number of aromatic nitrogens is 2. The summed E-state index contributed by atoms with van der Waals surface area (Å²) in [6.45, 7) is 4.80. The third-order valence-electron chi connectivity index (χ3n) is 4.36. The van der Waals surface area contributed by atoms with Gasteiger partial charge in [0.15, 0.2) is 19.0 Å². The molecule has 29 heavy (non-hydrogen) atoms. The van der Waals surface area contributed by atoms with Gasteiger partial charge in [0.05, 0.1) is 7.11 Å². The van der Waals surface area contributed by atoms with Gasteiger partial charge in [-0.2, -0.15) is 0 Å². The van der Waals surface area contributed by atoms with Crippen LogP contribution in [0.2, 0.25) is 0 Å². The van der Waals surface area contributed by atoms with Crippen molar-refractivity contribution in [2.45, 2.75) is 20.8 Å². The molecule has 0 aliphatic rings. The van der Waals surface area contributed by atoms with Gasteiger partial charge in [-0.25, -0.2) is 4.79 Å². The minimum absolute atomic E-state index is 0.295. The largest absolute Gasteiger partial charge is 0.497 e. The zero-order chi connectivity index (χ0) is 21.0. The third-order valence-corrected chi connectivity index (χ3v) is 4.36. The lowest BCUT2D eigenvalue weighted by Gasteiger charge is -2.08. The molecule has 0 saturated carbocycles. The van der Waals surface area contributed by atoms with Crippen LogP contribution in [0, 0.1) is 20.8 Å². The second kappa shape index (κ2) is 8.64. The molecule has 0 amide bonds. The van der Waals surface area contributed by atoms with E-state index in [2.05, 4.69) is 5.16 Å². The van der Waals surface area contributed by atoms with Crippen LogP contribution in [-0.4, -0.2) is 41.8 Å². The van der Waals surface area contributed by atoms with E-state index in [0.717, 1.165) is 5.69 Å². The average Bonchev–Trinajstić information content (AvgIpc) is 3.26. The Hall–Kier alpha value is -3.55. The van der Waals surface area contributed by atoms with Crippen molar-refractivity contribution < 1.29 is 28.3 Å². The van der Waals surface area contributed by atoms with E-state index < -0.39 is 5.97 Å². The van der Waals surface area contributed by atoms with Gasteiger partial charge in [0.1, 0.15) is 17.3 Å². The lowest BCUT2D eigenvalue weighted by Crippen LogP contribution is -2.19. The van der Waals surface area contributed by atoms with E-state index in [1.165, 1.54) is 0 Å². The molecule has 0 spiro atoms. The molecule has 8 heteroatoms. The van der Waals surface area contributed by atoms with Gasteiger partial charge in [-0.15, -0.1) is 0 Å². The van der Waals surface area contributed by atoms with Crippen LogP contribution >= 0.6 is 0 Å². The van der Waals surface area contributed by atoms with Gasteiger partial charge in [-0.1, -0.05) is 5.16 Å². The molecule has 0 aliphatic heterocycles. The number of methoxy groups -OCH3 is 1. The van der Waals surface area contributed by atoms with Crippen LogP contribution in [0.25, 0.3) is 5.82 Å². The fourth-order valence-corrected chi connectivity index (χ4v) is 2.94. The van der Waals surface area contributed by atoms with Gasteiger partial charge in [-0.3, -0.25) is 9.36 Å². The fraction of sp³-hybridized carbons (Fsp3) is 0.286. The van der Waals surface area contributed by atoms with E-state index in [1.54, 1.807) is 57.4 Å². The maximum Gasteiger partial charge on any atom is 0.344 e. The summed E-state index contributed by atoms with van der Waals surface area (Å²) in [5.74, 6) is 1.52. The van der Waals surface area contributed by atoms with Crippen LogP contribution in [0.1, 0.15) is 27.5 Å². The molecule has 0 atom stereocenters. The first-order chi connectivity index (χ1) is 13.9. The Labute approximate surface area is 168 Å². The quantitative estimate of drug-likeness (QED) is 0.425. The summed E-state index contributed by atoms with van der Waals surface area (Å²) in [7, 11) is 1.56. The van der Waals surface area contributed by atoms with Crippen LogP contribution < -0.4 is 9.47 Å². The lowest BCUT2D eigenvalue weighted by molar-refractivity contribution is -0.144. The van der Waals surface area contributed by atoms with Crippen molar-refractivity contribution in [2.75, 3.05) is 20.3 Å². The number of aryl methyl sites for hydroxylation is 2. The molecule has 0 aliphatic carbocycles. The summed E-state index contributed by atoms with van der Waals surface area (Å²) in [5.41, 5.74) is 1.99. The zero-order valence-electron chi connectivity index (χ0n) is 16.7. The highest BCUT2D eigenvalue weighted by molar-refractivity contribution is 5.99. The molecule has 0 radical (unpaired) electrons. The fourth-order valence-electron chi connectivity index (χ4n) is 2.94. The minimum Gasteiger partial charge on any atom is -0.497 e. The molecule has 0 unspecified atom stereocenters. The molecule has 0 fully saturated rings. The van der Waals surface area contributed by atoms with Gasteiger partial charge in [-0.05, 0) is 51.1 Å². The summed E-state index contributed by atoms with van der Waals surface area (Å²) in [5, 5.41) is 3.99. The van der Waals surface area contributed by atoms with Crippen LogP contribution in [0.3, 0.4) is 0 Å². The highest BCUT2D eigenvalue weighted by Gasteiger charge is 2.19. The van der Waals surface area contributed by atoms with E-state index in [4.69, 9.17) is 18.7 Å². The Balaban J connectivity index is 1.57. The number of nitrogens with zero attached hydrogens (tertiary/aromatic N) is 2. The van der Waals surface area contributed by atoms with Crippen molar-refractivity contribution in [1.29, 1.82) is 0 Å². The van der Waals surface area contributed by atoms with Crippen LogP contribution in [-0.2, 0) is 9.53 Å². The highest BCUT2D eigenvalue weighted by atomic mass is 16.6. The maximum absolute atomic E-state index is 12.5. The van der Waals surface area contributed by atoms with E-state index in [9.17, 15) is 9.59 Å². The van der Waals surface area contributed by atoms with E-state index in [1.807, 2.05) is 11.5 Å². The molecule has 8 nitrogen and oxygen atoms in total. The van der Waals surface area contributed by atoms with Gasteiger partial charge in [0.25, 0.3) is 0 Å². The number of ether oxygens (including phenoxy) is 3. The molecule has 152 valence electrons. The standard InChI is InChI=1S/C21H22N2O6/c1-13-9-18(15(3)23(13)20-10-14(2)29-22-20)19(24)11-28-21(25)12-27-17-7-5-16(26-4)6-8-17/h5-10H,11-12H2,1-4H3. The topological polar surface area (TPSA) is 92.8 Å². The molecule has 3 aromatic rings. The van der Waals surface area contributed by atoms with Gasteiger partial charge < -0.3 is 18.7 Å². The number of rotatable bonds is 8. The average molecular weight is 398 g/mol. The third kappa shape index (κ3) is 4.66.